The molecule has 136 valence electrons. The Morgan fingerprint density at radius 3 is 2.54 bits per heavy atom. The topological polar surface area (TPSA) is 88.5 Å². The number of aliphatic hydroxyl groups is 1. The largest absolute Gasteiger partial charge is 0.461 e. The molecule has 9 heteroatoms. The summed E-state index contributed by atoms with van der Waals surface area (Å²) in [4.78, 5) is 12.0. The Morgan fingerprint density at radius 2 is 1.92 bits per heavy atom. The molecule has 1 aromatic carbocycles. The molecular formula is C17H13F3N2O4. The summed E-state index contributed by atoms with van der Waals surface area (Å²) in [6, 6.07) is 8.71. The number of carbonyl (C=O) groups excluding carboxylic acids is 1. The summed E-state index contributed by atoms with van der Waals surface area (Å²) in [7, 11) is 0. The average Bonchev–Trinajstić information content (AvgIpc) is 3.29. The first-order chi connectivity index (χ1) is 12.3. The van der Waals surface area contributed by atoms with Gasteiger partial charge in [0.2, 0.25) is 5.76 Å². The van der Waals surface area contributed by atoms with Crippen LogP contribution in [0.2, 0.25) is 0 Å². The molecule has 3 aromatic rings. The summed E-state index contributed by atoms with van der Waals surface area (Å²) < 4.78 is 47.7. The quantitative estimate of drug-likeness (QED) is 0.722. The van der Waals surface area contributed by atoms with Crippen LogP contribution in [0.1, 0.15) is 27.7 Å². The van der Waals surface area contributed by atoms with Gasteiger partial charge < -0.3 is 19.4 Å². The van der Waals surface area contributed by atoms with Crippen LogP contribution in [0.25, 0.3) is 11.5 Å². The molecule has 0 radical (unpaired) electrons. The molecule has 0 aliphatic heterocycles. The van der Waals surface area contributed by atoms with Crippen molar-refractivity contribution in [2.45, 2.75) is 12.3 Å². The zero-order valence-corrected chi connectivity index (χ0v) is 13.2. The number of alkyl halides is 3. The van der Waals surface area contributed by atoms with E-state index in [-0.39, 0.29) is 23.6 Å². The van der Waals surface area contributed by atoms with Crippen LogP contribution in [-0.2, 0) is 6.18 Å². The maximum absolute atomic E-state index is 12.5. The van der Waals surface area contributed by atoms with Crippen LogP contribution < -0.4 is 5.32 Å². The monoisotopic (exact) mass is 366 g/mol. The van der Waals surface area contributed by atoms with Gasteiger partial charge in [0.15, 0.2) is 11.5 Å². The lowest BCUT2D eigenvalue weighted by atomic mass is 10.1. The number of benzene rings is 1. The molecule has 0 spiro atoms. The van der Waals surface area contributed by atoms with Crippen LogP contribution in [0.5, 0.6) is 0 Å². The van der Waals surface area contributed by atoms with Crippen molar-refractivity contribution in [2.75, 3.05) is 6.54 Å². The third-order valence-electron chi connectivity index (χ3n) is 3.59. The van der Waals surface area contributed by atoms with Gasteiger partial charge in [0.05, 0.1) is 17.9 Å². The van der Waals surface area contributed by atoms with Crippen molar-refractivity contribution in [2.24, 2.45) is 0 Å². The van der Waals surface area contributed by atoms with Gasteiger partial charge >= 0.3 is 6.18 Å². The zero-order chi connectivity index (χ0) is 18.7. The number of aromatic nitrogens is 1. The van der Waals surface area contributed by atoms with E-state index >= 15 is 0 Å². The molecule has 26 heavy (non-hydrogen) atoms. The van der Waals surface area contributed by atoms with E-state index in [1.807, 2.05) is 0 Å². The molecule has 1 atom stereocenters. The number of halogens is 3. The van der Waals surface area contributed by atoms with Crippen LogP contribution in [-0.4, -0.2) is 22.7 Å². The molecule has 0 saturated heterocycles. The Morgan fingerprint density at radius 1 is 1.19 bits per heavy atom. The van der Waals surface area contributed by atoms with Crippen molar-refractivity contribution in [3.8, 4) is 11.5 Å². The summed E-state index contributed by atoms with van der Waals surface area (Å²) >= 11 is 0. The Bertz CT molecular complexity index is 870. The molecule has 2 aromatic heterocycles. The zero-order valence-electron chi connectivity index (χ0n) is 13.2. The highest BCUT2D eigenvalue weighted by atomic mass is 19.4. The third kappa shape index (κ3) is 3.94. The van der Waals surface area contributed by atoms with Crippen LogP contribution >= 0.6 is 0 Å². The smallest absolute Gasteiger partial charge is 0.416 e. The summed E-state index contributed by atoms with van der Waals surface area (Å²) in [6.07, 6.45) is -4.17. The normalized spacial score (nSPS) is 12.8. The predicted octanol–water partition coefficient (Wildman–Crippen LogP) is 3.42. The van der Waals surface area contributed by atoms with Crippen molar-refractivity contribution in [1.82, 2.24) is 10.5 Å². The lowest BCUT2D eigenvalue weighted by Crippen LogP contribution is -2.28. The van der Waals surface area contributed by atoms with Crippen molar-refractivity contribution in [3.05, 3.63) is 65.5 Å². The van der Waals surface area contributed by atoms with Gasteiger partial charge in [0, 0.05) is 12.6 Å². The minimum absolute atomic E-state index is 0.0176. The Labute approximate surface area is 145 Å². The van der Waals surface area contributed by atoms with Gasteiger partial charge in [-0.2, -0.15) is 13.2 Å². The summed E-state index contributed by atoms with van der Waals surface area (Å²) in [5.41, 5.74) is -0.587. The number of aliphatic hydroxyl groups excluding tert-OH is 1. The molecule has 1 amide bonds. The highest BCUT2D eigenvalue weighted by Crippen LogP contribution is 2.29. The SMILES string of the molecule is O=C(NC[C@H](O)c1ccc(C(F)(F)F)cc1)c1cc(-c2ccco2)on1. The van der Waals surface area contributed by atoms with E-state index in [0.29, 0.717) is 5.76 Å². The first-order valence-electron chi connectivity index (χ1n) is 7.48. The van der Waals surface area contributed by atoms with Crippen LogP contribution in [0.15, 0.2) is 57.7 Å². The van der Waals surface area contributed by atoms with Gasteiger partial charge in [-0.3, -0.25) is 4.79 Å². The highest BCUT2D eigenvalue weighted by molar-refractivity contribution is 5.92. The van der Waals surface area contributed by atoms with Crippen LogP contribution in [0.4, 0.5) is 13.2 Å². The summed E-state index contributed by atoms with van der Waals surface area (Å²) in [5, 5.41) is 16.1. The fraction of sp³-hybridized carbons (Fsp3) is 0.176. The molecule has 0 aliphatic carbocycles. The molecule has 6 nitrogen and oxygen atoms in total. The number of hydrogen-bond donors (Lipinski definition) is 2. The second-order valence-electron chi connectivity index (χ2n) is 5.40. The standard InChI is InChI=1S/C17H13F3N2O4/c18-17(19,20)11-5-3-10(4-6-11)13(23)9-21-16(24)12-8-15(26-22-12)14-2-1-7-25-14/h1-8,13,23H,9H2,(H,21,24)/t13-/m0/s1. The number of amides is 1. The van der Waals surface area contributed by atoms with Crippen molar-refractivity contribution >= 4 is 5.91 Å². The van der Waals surface area contributed by atoms with Gasteiger partial charge in [0.25, 0.3) is 5.91 Å². The molecule has 3 rings (SSSR count). The lowest BCUT2D eigenvalue weighted by Gasteiger charge is -2.13. The first-order valence-corrected chi connectivity index (χ1v) is 7.48. The number of nitrogens with one attached hydrogen (secondary N) is 1. The fourth-order valence-corrected chi connectivity index (χ4v) is 2.21. The first kappa shape index (κ1) is 17.7. The van der Waals surface area contributed by atoms with E-state index in [4.69, 9.17) is 8.94 Å². The molecule has 2 heterocycles. The number of hydrogen-bond acceptors (Lipinski definition) is 5. The second-order valence-corrected chi connectivity index (χ2v) is 5.40. The van der Waals surface area contributed by atoms with Gasteiger partial charge in [-0.25, -0.2) is 0 Å². The maximum Gasteiger partial charge on any atom is 0.416 e. The number of furan rings is 1. The molecule has 0 aliphatic rings. The minimum Gasteiger partial charge on any atom is -0.461 e. The van der Waals surface area contributed by atoms with Gasteiger partial charge in [0.1, 0.15) is 0 Å². The maximum atomic E-state index is 12.5. The van der Waals surface area contributed by atoms with E-state index in [0.717, 1.165) is 24.3 Å². The Kier molecular flexibility index (Phi) is 4.81. The number of rotatable bonds is 5. The fourth-order valence-electron chi connectivity index (χ4n) is 2.21. The average molecular weight is 366 g/mol. The molecule has 0 fully saturated rings. The van der Waals surface area contributed by atoms with Crippen molar-refractivity contribution in [3.63, 3.8) is 0 Å². The summed E-state index contributed by atoms with van der Waals surface area (Å²) in [6.45, 7) is -0.201. The third-order valence-corrected chi connectivity index (χ3v) is 3.59. The van der Waals surface area contributed by atoms with Gasteiger partial charge in [-0.15, -0.1) is 0 Å². The van der Waals surface area contributed by atoms with Crippen molar-refractivity contribution < 1.29 is 32.0 Å². The second kappa shape index (κ2) is 7.04. The van der Waals surface area contributed by atoms with E-state index in [1.54, 1.807) is 12.1 Å². The van der Waals surface area contributed by atoms with Crippen LogP contribution in [0.3, 0.4) is 0 Å². The predicted molar refractivity (Wildman–Crippen MR) is 82.9 cm³/mol. The molecular weight excluding hydrogens is 353 g/mol. The van der Waals surface area contributed by atoms with Gasteiger partial charge in [-0.05, 0) is 29.8 Å². The Balaban J connectivity index is 1.59. The van der Waals surface area contributed by atoms with Crippen LogP contribution in [0, 0.1) is 0 Å². The highest BCUT2D eigenvalue weighted by Gasteiger charge is 2.30. The minimum atomic E-state index is -4.45. The van der Waals surface area contributed by atoms with E-state index in [9.17, 15) is 23.1 Å². The lowest BCUT2D eigenvalue weighted by molar-refractivity contribution is -0.137. The molecule has 0 saturated carbocycles. The van der Waals surface area contributed by atoms with E-state index in [1.165, 1.54) is 12.3 Å². The Hall–Kier alpha value is -3.07. The molecule has 0 bridgehead atoms. The number of carbonyl (C=O) groups is 1. The van der Waals surface area contributed by atoms with E-state index in [2.05, 4.69) is 10.5 Å². The molecule has 2 N–H and O–H groups in total. The number of nitrogens with zero attached hydrogens (tertiary/aromatic N) is 1. The van der Waals surface area contributed by atoms with E-state index < -0.39 is 23.8 Å². The molecule has 0 unspecified atom stereocenters. The summed E-state index contributed by atoms with van der Waals surface area (Å²) in [5.74, 6) is 0.0716. The van der Waals surface area contributed by atoms with Crippen molar-refractivity contribution in [1.29, 1.82) is 0 Å². The van der Waals surface area contributed by atoms with Gasteiger partial charge in [-0.1, -0.05) is 17.3 Å².